The van der Waals surface area contributed by atoms with E-state index in [1.165, 1.54) is 0 Å². The molecule has 0 heterocycles. The molecule has 0 aliphatic heterocycles. The zero-order valence-electron chi connectivity index (χ0n) is 6.89. The van der Waals surface area contributed by atoms with Gasteiger partial charge in [0.15, 0.2) is 6.35 Å². The van der Waals surface area contributed by atoms with Crippen molar-refractivity contribution in [2.45, 2.75) is 33.0 Å². The first-order chi connectivity index (χ1) is 4.81. The van der Waals surface area contributed by atoms with Gasteiger partial charge < -0.3 is 4.74 Å². The maximum atomic E-state index is 5.51. The lowest BCUT2D eigenvalue weighted by Crippen LogP contribution is -2.40. The lowest BCUT2D eigenvalue weighted by Gasteiger charge is -2.12. The van der Waals surface area contributed by atoms with Crippen LogP contribution in [0.15, 0.2) is 0 Å². The minimum Gasteiger partial charge on any atom is -0.350 e. The Morgan fingerprint density at radius 2 is 2.10 bits per heavy atom. The molecule has 0 amide bonds. The maximum absolute atomic E-state index is 5.51. The van der Waals surface area contributed by atoms with Crippen molar-refractivity contribution < 1.29 is 4.74 Å². The molecule has 0 saturated heterocycles. The van der Waals surface area contributed by atoms with Gasteiger partial charge in [0.05, 0.1) is 0 Å². The lowest BCUT2D eigenvalue weighted by atomic mass is 10.5. The van der Waals surface area contributed by atoms with E-state index in [2.05, 4.69) is 19.2 Å². The highest BCUT2D eigenvalue weighted by Crippen LogP contribution is 1.82. The quantitative estimate of drug-likeness (QED) is 0.541. The Morgan fingerprint density at radius 3 is 2.60 bits per heavy atom. The van der Waals surface area contributed by atoms with E-state index in [1.54, 1.807) is 0 Å². The maximum Gasteiger partial charge on any atom is 0.160 e. The van der Waals surface area contributed by atoms with E-state index in [4.69, 9.17) is 10.5 Å². The third-order valence-electron chi connectivity index (χ3n) is 1.10. The summed E-state index contributed by atoms with van der Waals surface area (Å²) in [6.07, 6.45) is 1.82. The van der Waals surface area contributed by atoms with Gasteiger partial charge in [0.1, 0.15) is 0 Å². The van der Waals surface area contributed by atoms with Crippen LogP contribution < -0.4 is 11.1 Å². The van der Waals surface area contributed by atoms with Gasteiger partial charge in [0.2, 0.25) is 0 Å². The van der Waals surface area contributed by atoms with Crippen LogP contribution in [0.1, 0.15) is 26.7 Å². The van der Waals surface area contributed by atoms with Crippen LogP contribution in [0.3, 0.4) is 0 Å². The van der Waals surface area contributed by atoms with Crippen LogP contribution in [0.5, 0.6) is 0 Å². The van der Waals surface area contributed by atoms with E-state index >= 15 is 0 Å². The summed E-state index contributed by atoms with van der Waals surface area (Å²) < 4.78 is 5.16. The van der Waals surface area contributed by atoms with Crippen LogP contribution in [0.4, 0.5) is 0 Å². The Hall–Kier alpha value is -0.120. The second-order valence-corrected chi connectivity index (χ2v) is 2.25. The molecule has 3 heteroatoms. The molecule has 0 spiro atoms. The third kappa shape index (κ3) is 6.01. The summed E-state index contributed by atoms with van der Waals surface area (Å²) in [7, 11) is 0. The van der Waals surface area contributed by atoms with Crippen LogP contribution in [0.2, 0.25) is 0 Å². The standard InChI is InChI=1S/C7H18N2O/c1-3-5-9-7(8)10-6-4-2/h7,9H,3-6,8H2,1-2H3. The highest BCUT2D eigenvalue weighted by Gasteiger charge is 1.96. The van der Waals surface area contributed by atoms with E-state index in [0.717, 1.165) is 26.0 Å². The number of nitrogens with two attached hydrogens (primary N) is 1. The highest BCUT2D eigenvalue weighted by molar-refractivity contribution is 4.44. The van der Waals surface area contributed by atoms with Crippen LogP contribution in [0.25, 0.3) is 0 Å². The van der Waals surface area contributed by atoms with Gasteiger partial charge in [-0.25, -0.2) is 0 Å². The fourth-order valence-electron chi connectivity index (χ4n) is 0.590. The Balaban J connectivity index is 3.00. The van der Waals surface area contributed by atoms with E-state index in [-0.39, 0.29) is 6.35 Å². The average molecular weight is 146 g/mol. The molecule has 10 heavy (non-hydrogen) atoms. The molecule has 0 aromatic carbocycles. The minimum atomic E-state index is -0.278. The van der Waals surface area contributed by atoms with Crippen molar-refractivity contribution in [1.29, 1.82) is 0 Å². The molecule has 0 bridgehead atoms. The molecule has 0 aromatic heterocycles. The molecule has 0 aromatic rings. The normalized spacial score (nSPS) is 13.5. The second kappa shape index (κ2) is 6.99. The van der Waals surface area contributed by atoms with Crippen molar-refractivity contribution in [3.05, 3.63) is 0 Å². The van der Waals surface area contributed by atoms with Gasteiger partial charge in [-0.05, 0) is 19.4 Å². The first-order valence-electron chi connectivity index (χ1n) is 3.91. The van der Waals surface area contributed by atoms with E-state index in [1.807, 2.05) is 0 Å². The number of hydrogen-bond acceptors (Lipinski definition) is 3. The molecular weight excluding hydrogens is 128 g/mol. The van der Waals surface area contributed by atoms with E-state index in [0.29, 0.717) is 0 Å². The molecule has 1 unspecified atom stereocenters. The Labute approximate surface area is 62.9 Å². The number of ether oxygens (including phenoxy) is 1. The van der Waals surface area contributed by atoms with E-state index in [9.17, 15) is 0 Å². The van der Waals surface area contributed by atoms with Crippen molar-refractivity contribution in [3.8, 4) is 0 Å². The first-order valence-corrected chi connectivity index (χ1v) is 3.91. The van der Waals surface area contributed by atoms with Gasteiger partial charge in [-0.15, -0.1) is 0 Å². The topological polar surface area (TPSA) is 47.3 Å². The van der Waals surface area contributed by atoms with E-state index < -0.39 is 0 Å². The molecule has 3 N–H and O–H groups in total. The first kappa shape index (κ1) is 9.88. The molecular formula is C7H18N2O. The summed E-state index contributed by atoms with van der Waals surface area (Å²) in [5, 5.41) is 3.02. The Morgan fingerprint density at radius 1 is 1.40 bits per heavy atom. The molecule has 62 valence electrons. The molecule has 0 aliphatic rings. The highest BCUT2D eigenvalue weighted by atomic mass is 16.5. The summed E-state index contributed by atoms with van der Waals surface area (Å²) in [6.45, 7) is 5.81. The third-order valence-corrected chi connectivity index (χ3v) is 1.10. The molecule has 0 rings (SSSR count). The predicted molar refractivity (Wildman–Crippen MR) is 42.5 cm³/mol. The van der Waals surface area contributed by atoms with Gasteiger partial charge in [-0.1, -0.05) is 13.8 Å². The van der Waals surface area contributed by atoms with Crippen LogP contribution in [-0.4, -0.2) is 19.5 Å². The summed E-state index contributed by atoms with van der Waals surface area (Å²) in [4.78, 5) is 0. The summed E-state index contributed by atoms with van der Waals surface area (Å²) >= 11 is 0. The molecule has 1 atom stereocenters. The van der Waals surface area contributed by atoms with Crippen LogP contribution in [0, 0.1) is 0 Å². The fraction of sp³-hybridized carbons (Fsp3) is 1.00. The SMILES string of the molecule is CCCNC(N)OCCC. The summed E-state index contributed by atoms with van der Waals surface area (Å²) in [5.41, 5.74) is 5.51. The Kier molecular flexibility index (Phi) is 6.91. The van der Waals surface area contributed by atoms with Crippen molar-refractivity contribution >= 4 is 0 Å². The van der Waals surface area contributed by atoms with Crippen molar-refractivity contribution in [2.75, 3.05) is 13.2 Å². The monoisotopic (exact) mass is 146 g/mol. The molecule has 3 nitrogen and oxygen atoms in total. The lowest BCUT2D eigenvalue weighted by molar-refractivity contribution is 0.0349. The largest absolute Gasteiger partial charge is 0.350 e. The number of nitrogens with one attached hydrogen (secondary N) is 1. The fourth-order valence-corrected chi connectivity index (χ4v) is 0.590. The molecule has 0 saturated carbocycles. The molecule has 0 fully saturated rings. The Bertz CT molecular complexity index is 60.6. The van der Waals surface area contributed by atoms with Crippen molar-refractivity contribution in [1.82, 2.24) is 5.32 Å². The minimum absolute atomic E-state index is 0.278. The van der Waals surface area contributed by atoms with Gasteiger partial charge in [0, 0.05) is 6.61 Å². The number of rotatable bonds is 6. The van der Waals surface area contributed by atoms with Gasteiger partial charge in [0.25, 0.3) is 0 Å². The van der Waals surface area contributed by atoms with Crippen LogP contribution in [-0.2, 0) is 4.74 Å². The molecule has 0 radical (unpaired) electrons. The van der Waals surface area contributed by atoms with Gasteiger partial charge in [-0.3, -0.25) is 11.1 Å². The van der Waals surface area contributed by atoms with Gasteiger partial charge >= 0.3 is 0 Å². The summed E-state index contributed by atoms with van der Waals surface area (Å²) in [6, 6.07) is 0. The average Bonchev–Trinajstić information content (AvgIpc) is 1.97. The zero-order chi connectivity index (χ0) is 7.82. The summed E-state index contributed by atoms with van der Waals surface area (Å²) in [5.74, 6) is 0. The van der Waals surface area contributed by atoms with Crippen molar-refractivity contribution in [3.63, 3.8) is 0 Å². The van der Waals surface area contributed by atoms with Crippen LogP contribution >= 0.6 is 0 Å². The predicted octanol–water partition coefficient (Wildman–Crippen LogP) is 0.655. The molecule has 0 aliphatic carbocycles. The zero-order valence-corrected chi connectivity index (χ0v) is 6.89. The second-order valence-electron chi connectivity index (χ2n) is 2.25. The van der Waals surface area contributed by atoms with Crippen molar-refractivity contribution in [2.24, 2.45) is 5.73 Å². The number of hydrogen-bond donors (Lipinski definition) is 2. The van der Waals surface area contributed by atoms with Gasteiger partial charge in [-0.2, -0.15) is 0 Å². The smallest absolute Gasteiger partial charge is 0.160 e.